The summed E-state index contributed by atoms with van der Waals surface area (Å²) in [7, 11) is -3.34. The highest BCUT2D eigenvalue weighted by Gasteiger charge is 2.38. The van der Waals surface area contributed by atoms with Gasteiger partial charge in [-0.3, -0.25) is 0 Å². The van der Waals surface area contributed by atoms with E-state index in [1.165, 1.54) is 0 Å². The molecule has 2 aliphatic heterocycles. The molecular weight excluding hydrogens is 308 g/mol. The minimum Gasteiger partial charge on any atom is -0.450 e. The van der Waals surface area contributed by atoms with Gasteiger partial charge in [0.15, 0.2) is 0 Å². The number of carbonyl (C=O) groups excluding carboxylic acids is 1. The first kappa shape index (κ1) is 17.5. The number of nitrogens with zero attached hydrogens (tertiary/aromatic N) is 2. The minimum atomic E-state index is -3.34. The second-order valence-corrected chi connectivity index (χ2v) is 8.22. The molecule has 7 nitrogen and oxygen atoms in total. The van der Waals surface area contributed by atoms with Crippen LogP contribution in [0.4, 0.5) is 4.79 Å². The zero-order valence-corrected chi connectivity index (χ0v) is 14.3. The maximum absolute atomic E-state index is 12.8. The van der Waals surface area contributed by atoms with Crippen LogP contribution in [0, 0.1) is 0 Å². The molecule has 128 valence electrons. The lowest BCUT2D eigenvalue weighted by Crippen LogP contribution is -2.53. The van der Waals surface area contributed by atoms with Crippen LogP contribution in [0.1, 0.15) is 33.6 Å². The average Bonchev–Trinajstić information content (AvgIpc) is 2.46. The third-order valence-electron chi connectivity index (χ3n) is 4.14. The van der Waals surface area contributed by atoms with Crippen molar-refractivity contribution in [3.63, 3.8) is 0 Å². The fourth-order valence-corrected chi connectivity index (χ4v) is 5.16. The van der Waals surface area contributed by atoms with Crippen LogP contribution >= 0.6 is 0 Å². The Hall–Kier alpha value is -0.860. The fourth-order valence-electron chi connectivity index (χ4n) is 3.10. The first-order valence-corrected chi connectivity index (χ1v) is 9.41. The predicted molar refractivity (Wildman–Crippen MR) is 82.1 cm³/mol. The summed E-state index contributed by atoms with van der Waals surface area (Å²) in [6, 6.07) is 0. The van der Waals surface area contributed by atoms with Crippen molar-refractivity contribution in [2.24, 2.45) is 0 Å². The molecule has 0 unspecified atom stereocenters. The second kappa shape index (κ2) is 7.14. The number of morpholine rings is 1. The molecule has 2 atom stereocenters. The number of sulfonamides is 1. The molecule has 0 aliphatic carbocycles. The summed E-state index contributed by atoms with van der Waals surface area (Å²) in [5.74, 6) is 0. The van der Waals surface area contributed by atoms with Gasteiger partial charge in [0, 0.05) is 26.2 Å². The maximum Gasteiger partial charge on any atom is 0.409 e. The van der Waals surface area contributed by atoms with Crippen molar-refractivity contribution in [3.05, 3.63) is 0 Å². The van der Waals surface area contributed by atoms with E-state index in [-0.39, 0.29) is 18.3 Å². The Labute approximate surface area is 132 Å². The van der Waals surface area contributed by atoms with Crippen molar-refractivity contribution in [1.29, 1.82) is 0 Å². The molecule has 0 N–H and O–H groups in total. The normalized spacial score (nSPS) is 28.6. The Morgan fingerprint density at radius 3 is 2.23 bits per heavy atom. The number of likely N-dealkylation sites (tertiary alicyclic amines) is 1. The summed E-state index contributed by atoms with van der Waals surface area (Å²) >= 11 is 0. The summed E-state index contributed by atoms with van der Waals surface area (Å²) in [5, 5.41) is -0.421. The summed E-state index contributed by atoms with van der Waals surface area (Å²) in [4.78, 5) is 13.3. The molecule has 2 fully saturated rings. The monoisotopic (exact) mass is 334 g/mol. The van der Waals surface area contributed by atoms with Crippen molar-refractivity contribution < 1.29 is 22.7 Å². The minimum absolute atomic E-state index is 0.0850. The van der Waals surface area contributed by atoms with Crippen molar-refractivity contribution in [1.82, 2.24) is 9.21 Å². The lowest BCUT2D eigenvalue weighted by atomic mass is 10.1. The second-order valence-electron chi connectivity index (χ2n) is 6.00. The predicted octanol–water partition coefficient (Wildman–Crippen LogP) is 1.05. The quantitative estimate of drug-likeness (QED) is 0.771. The molecule has 22 heavy (non-hydrogen) atoms. The number of carbonyl (C=O) groups is 1. The zero-order chi connectivity index (χ0) is 16.3. The van der Waals surface area contributed by atoms with E-state index in [0.29, 0.717) is 45.6 Å². The smallest absolute Gasteiger partial charge is 0.409 e. The van der Waals surface area contributed by atoms with Gasteiger partial charge >= 0.3 is 6.09 Å². The van der Waals surface area contributed by atoms with Crippen LogP contribution in [0.5, 0.6) is 0 Å². The highest BCUT2D eigenvalue weighted by atomic mass is 32.2. The van der Waals surface area contributed by atoms with E-state index in [1.807, 2.05) is 13.8 Å². The first-order valence-electron chi connectivity index (χ1n) is 7.90. The van der Waals surface area contributed by atoms with E-state index >= 15 is 0 Å². The zero-order valence-electron chi connectivity index (χ0n) is 13.5. The first-order chi connectivity index (χ1) is 10.3. The number of hydrogen-bond acceptors (Lipinski definition) is 5. The van der Waals surface area contributed by atoms with Gasteiger partial charge < -0.3 is 14.4 Å². The molecule has 8 heteroatoms. The van der Waals surface area contributed by atoms with Crippen LogP contribution < -0.4 is 0 Å². The standard InChI is InChI=1S/C14H26N2O5S/c1-4-20-14(17)15-7-5-13(6-8-15)22(18,19)16-9-11(2)21-12(3)10-16/h11-13H,4-10H2,1-3H3/t11-,12-/m0/s1. The molecule has 0 aromatic carbocycles. The van der Waals surface area contributed by atoms with Crippen molar-refractivity contribution in [2.75, 3.05) is 32.8 Å². The van der Waals surface area contributed by atoms with Crippen molar-refractivity contribution in [3.8, 4) is 0 Å². The lowest BCUT2D eigenvalue weighted by Gasteiger charge is -2.38. The number of rotatable bonds is 3. The Kier molecular flexibility index (Phi) is 5.68. The van der Waals surface area contributed by atoms with E-state index in [4.69, 9.17) is 9.47 Å². The van der Waals surface area contributed by atoms with Gasteiger partial charge in [0.25, 0.3) is 0 Å². The molecule has 2 heterocycles. The topological polar surface area (TPSA) is 76.2 Å². The third-order valence-corrected chi connectivity index (χ3v) is 6.47. The van der Waals surface area contributed by atoms with Crippen LogP contribution in [-0.4, -0.2) is 74.0 Å². The van der Waals surface area contributed by atoms with Crippen LogP contribution in [0.2, 0.25) is 0 Å². The molecule has 0 spiro atoms. The van der Waals surface area contributed by atoms with Crippen molar-refractivity contribution >= 4 is 16.1 Å². The number of piperidine rings is 1. The summed E-state index contributed by atoms with van der Waals surface area (Å²) in [5.41, 5.74) is 0. The van der Waals surface area contributed by atoms with Gasteiger partial charge in [-0.25, -0.2) is 13.2 Å². The molecule has 2 saturated heterocycles. The Morgan fingerprint density at radius 2 is 1.73 bits per heavy atom. The number of ether oxygens (including phenoxy) is 2. The largest absolute Gasteiger partial charge is 0.450 e. The highest BCUT2D eigenvalue weighted by Crippen LogP contribution is 2.24. The van der Waals surface area contributed by atoms with E-state index in [1.54, 1.807) is 16.1 Å². The van der Waals surface area contributed by atoms with Gasteiger partial charge in [-0.15, -0.1) is 0 Å². The van der Waals surface area contributed by atoms with Crippen LogP contribution in [-0.2, 0) is 19.5 Å². The Balaban J connectivity index is 1.96. The van der Waals surface area contributed by atoms with E-state index < -0.39 is 15.3 Å². The fraction of sp³-hybridized carbons (Fsp3) is 0.929. The molecule has 0 bridgehead atoms. The SMILES string of the molecule is CCOC(=O)N1CCC(S(=O)(=O)N2C[C@H](C)O[C@@H](C)C2)CC1. The molecule has 0 aromatic rings. The van der Waals surface area contributed by atoms with Gasteiger partial charge in [0.2, 0.25) is 10.0 Å². The Morgan fingerprint density at radius 1 is 1.18 bits per heavy atom. The Bertz CT molecular complexity index is 477. The number of amides is 1. The van der Waals surface area contributed by atoms with Crippen LogP contribution in [0.3, 0.4) is 0 Å². The molecule has 0 saturated carbocycles. The van der Waals surface area contributed by atoms with Crippen LogP contribution in [0.15, 0.2) is 0 Å². The van der Waals surface area contributed by atoms with E-state index in [2.05, 4.69) is 0 Å². The van der Waals surface area contributed by atoms with Gasteiger partial charge in [-0.1, -0.05) is 0 Å². The van der Waals surface area contributed by atoms with E-state index in [0.717, 1.165) is 0 Å². The van der Waals surface area contributed by atoms with Gasteiger partial charge in [0.1, 0.15) is 0 Å². The molecule has 1 amide bonds. The summed E-state index contributed by atoms with van der Waals surface area (Å²) in [6.45, 7) is 7.55. The molecule has 2 rings (SSSR count). The molecule has 2 aliphatic rings. The molecule has 0 radical (unpaired) electrons. The van der Waals surface area contributed by atoms with Crippen LogP contribution in [0.25, 0.3) is 0 Å². The third kappa shape index (κ3) is 3.91. The van der Waals surface area contributed by atoms with E-state index in [9.17, 15) is 13.2 Å². The van der Waals surface area contributed by atoms with Crippen molar-refractivity contribution in [2.45, 2.75) is 51.1 Å². The van der Waals surface area contributed by atoms with Gasteiger partial charge in [-0.05, 0) is 33.6 Å². The summed E-state index contributed by atoms with van der Waals surface area (Å²) in [6.07, 6.45) is 0.394. The van der Waals surface area contributed by atoms with Gasteiger partial charge in [0.05, 0.1) is 24.1 Å². The maximum atomic E-state index is 12.8. The van der Waals surface area contributed by atoms with Gasteiger partial charge in [-0.2, -0.15) is 4.31 Å². The highest BCUT2D eigenvalue weighted by molar-refractivity contribution is 7.89. The molecule has 0 aromatic heterocycles. The lowest BCUT2D eigenvalue weighted by molar-refractivity contribution is -0.0444. The number of hydrogen-bond donors (Lipinski definition) is 0. The summed E-state index contributed by atoms with van der Waals surface area (Å²) < 4.78 is 37.6. The molecular formula is C14H26N2O5S. The average molecular weight is 334 g/mol.